The largest absolute Gasteiger partial charge is 0.496 e. The fraction of sp³-hybridized carbons (Fsp3) is 0.407. The molecule has 216 valence electrons. The number of nitrogens with one attached hydrogen (secondary N) is 1. The number of rotatable bonds is 11. The third-order valence-electron chi connectivity index (χ3n) is 6.44. The van der Waals surface area contributed by atoms with Crippen molar-refractivity contribution in [1.82, 2.24) is 29.4 Å². The van der Waals surface area contributed by atoms with Gasteiger partial charge in [0.2, 0.25) is 5.91 Å². The SMILES string of the molecule is COc1ccc(F)cc1[C@H](Cn1c(=O)n([C@@H](C)C(=O)NC(C)C)c(=O)c2c(C)c(-n3nccn3)sc21)OCCC#N. The van der Waals surface area contributed by atoms with Gasteiger partial charge in [0.25, 0.3) is 5.56 Å². The fourth-order valence-electron chi connectivity index (χ4n) is 4.50. The van der Waals surface area contributed by atoms with E-state index in [2.05, 4.69) is 15.5 Å². The van der Waals surface area contributed by atoms with Crippen LogP contribution < -0.4 is 21.3 Å². The van der Waals surface area contributed by atoms with Crippen molar-refractivity contribution in [3.63, 3.8) is 0 Å². The van der Waals surface area contributed by atoms with Gasteiger partial charge in [-0.05, 0) is 45.9 Å². The summed E-state index contributed by atoms with van der Waals surface area (Å²) in [4.78, 5) is 42.5. The Morgan fingerprint density at radius 2 is 1.93 bits per heavy atom. The standard InChI is InChI=1S/C27H30FN7O5S/c1-15(2)32-23(36)17(4)34-24(37)22-16(3)25(35-30-10-11-31-35)41-26(22)33(27(34)38)14-21(40-12-6-9-29)19-13-18(28)7-8-20(19)39-5/h7-8,10-11,13,15,17,21H,6,12,14H2,1-5H3,(H,32,36)/t17-,21-/m0/s1. The maximum atomic E-state index is 14.4. The summed E-state index contributed by atoms with van der Waals surface area (Å²) in [5.41, 5.74) is -0.545. The molecule has 0 spiro atoms. The van der Waals surface area contributed by atoms with Crippen LogP contribution in [0.15, 0.2) is 40.2 Å². The van der Waals surface area contributed by atoms with Crippen molar-refractivity contribution < 1.29 is 18.7 Å². The molecule has 1 amide bonds. The molecule has 4 aromatic rings. The molecule has 0 aliphatic rings. The molecule has 0 aliphatic carbocycles. The van der Waals surface area contributed by atoms with Gasteiger partial charge in [0, 0.05) is 17.2 Å². The van der Waals surface area contributed by atoms with Crippen LogP contribution in [0.25, 0.3) is 15.2 Å². The summed E-state index contributed by atoms with van der Waals surface area (Å²) in [6.07, 6.45) is 2.08. The Kier molecular flexibility index (Phi) is 8.99. The number of carbonyl (C=O) groups is 1. The molecule has 3 aromatic heterocycles. The first-order chi connectivity index (χ1) is 19.6. The average molecular weight is 584 g/mol. The molecule has 3 heterocycles. The topological polar surface area (TPSA) is 146 Å². The van der Waals surface area contributed by atoms with Gasteiger partial charge >= 0.3 is 5.69 Å². The second kappa shape index (κ2) is 12.4. The molecule has 12 nitrogen and oxygen atoms in total. The number of methoxy groups -OCH3 is 1. The van der Waals surface area contributed by atoms with Gasteiger partial charge in [-0.25, -0.2) is 13.8 Å². The van der Waals surface area contributed by atoms with E-state index in [1.54, 1.807) is 20.8 Å². The highest BCUT2D eigenvalue weighted by molar-refractivity contribution is 7.21. The Labute approximate surface area is 238 Å². The quantitative estimate of drug-likeness (QED) is 0.265. The predicted octanol–water partition coefficient (Wildman–Crippen LogP) is 3.02. The van der Waals surface area contributed by atoms with Crippen molar-refractivity contribution in [2.45, 2.75) is 58.8 Å². The highest BCUT2D eigenvalue weighted by atomic mass is 32.1. The summed E-state index contributed by atoms with van der Waals surface area (Å²) in [5, 5.41) is 20.9. The van der Waals surface area contributed by atoms with Crippen molar-refractivity contribution in [2.24, 2.45) is 0 Å². The normalized spacial score (nSPS) is 12.8. The van der Waals surface area contributed by atoms with Crippen molar-refractivity contribution in [3.8, 4) is 16.8 Å². The molecule has 0 unspecified atom stereocenters. The molecule has 0 aliphatic heterocycles. The second-order valence-corrected chi connectivity index (χ2v) is 10.6. The van der Waals surface area contributed by atoms with Crippen LogP contribution in [-0.4, -0.2) is 49.8 Å². The Hall–Kier alpha value is -4.35. The second-order valence-electron chi connectivity index (χ2n) is 9.59. The number of hydrogen-bond acceptors (Lipinski definition) is 9. The lowest BCUT2D eigenvalue weighted by Crippen LogP contribution is -2.47. The Morgan fingerprint density at radius 1 is 1.22 bits per heavy atom. The van der Waals surface area contributed by atoms with E-state index in [4.69, 9.17) is 14.7 Å². The summed E-state index contributed by atoms with van der Waals surface area (Å²) in [6.45, 7) is 6.56. The van der Waals surface area contributed by atoms with Gasteiger partial charge in [0.15, 0.2) is 0 Å². The van der Waals surface area contributed by atoms with Crippen LogP contribution in [0.3, 0.4) is 0 Å². The first-order valence-corrected chi connectivity index (χ1v) is 13.7. The number of thiophene rings is 1. The smallest absolute Gasteiger partial charge is 0.332 e. The maximum Gasteiger partial charge on any atom is 0.332 e. The minimum absolute atomic E-state index is 0.00249. The number of hydrogen-bond donors (Lipinski definition) is 1. The van der Waals surface area contributed by atoms with Gasteiger partial charge in [-0.3, -0.25) is 14.2 Å². The van der Waals surface area contributed by atoms with E-state index in [9.17, 15) is 18.8 Å². The number of nitrogens with zero attached hydrogens (tertiary/aromatic N) is 6. The van der Waals surface area contributed by atoms with E-state index < -0.39 is 35.1 Å². The summed E-state index contributed by atoms with van der Waals surface area (Å²) < 4.78 is 28.1. The minimum atomic E-state index is -1.14. The zero-order valence-electron chi connectivity index (χ0n) is 23.3. The Morgan fingerprint density at radius 3 is 2.56 bits per heavy atom. The lowest BCUT2D eigenvalue weighted by Gasteiger charge is -2.23. The summed E-state index contributed by atoms with van der Waals surface area (Å²) in [7, 11) is 1.43. The minimum Gasteiger partial charge on any atom is -0.496 e. The molecule has 1 aromatic carbocycles. The van der Waals surface area contributed by atoms with E-state index in [0.29, 0.717) is 26.7 Å². The molecule has 1 N–H and O–H groups in total. The molecule has 0 saturated carbocycles. The molecule has 0 radical (unpaired) electrons. The van der Waals surface area contributed by atoms with Gasteiger partial charge in [-0.15, -0.1) is 4.80 Å². The molecule has 0 bridgehead atoms. The Balaban J connectivity index is 1.99. The van der Waals surface area contributed by atoms with E-state index >= 15 is 0 Å². The fourth-order valence-corrected chi connectivity index (χ4v) is 5.72. The van der Waals surface area contributed by atoms with Gasteiger partial charge in [0.1, 0.15) is 33.5 Å². The van der Waals surface area contributed by atoms with Crippen LogP contribution in [0.5, 0.6) is 5.75 Å². The number of carbonyl (C=O) groups excluding carboxylic acids is 1. The molecular formula is C27H30FN7O5S. The number of halogens is 1. The number of benzene rings is 1. The molecule has 14 heteroatoms. The van der Waals surface area contributed by atoms with E-state index in [1.165, 1.54) is 54.0 Å². The first kappa shape index (κ1) is 29.6. The lowest BCUT2D eigenvalue weighted by molar-refractivity contribution is -0.124. The van der Waals surface area contributed by atoms with Crippen LogP contribution in [-0.2, 0) is 16.1 Å². The van der Waals surface area contributed by atoms with Crippen molar-refractivity contribution >= 4 is 27.5 Å². The average Bonchev–Trinajstić information content (AvgIpc) is 3.58. The number of amides is 1. The van der Waals surface area contributed by atoms with Gasteiger partial charge in [0.05, 0.1) is 50.5 Å². The first-order valence-electron chi connectivity index (χ1n) is 12.9. The third kappa shape index (κ3) is 5.91. The molecule has 2 atom stereocenters. The van der Waals surface area contributed by atoms with Crippen LogP contribution in [0.1, 0.15) is 50.5 Å². The Bertz CT molecular complexity index is 1720. The number of fused-ring (bicyclic) bond motifs is 1. The van der Waals surface area contributed by atoms with Crippen molar-refractivity contribution in [2.75, 3.05) is 13.7 Å². The van der Waals surface area contributed by atoms with Gasteiger partial charge in [-0.2, -0.15) is 15.5 Å². The van der Waals surface area contributed by atoms with Crippen LogP contribution in [0.2, 0.25) is 0 Å². The molecule has 0 fully saturated rings. The number of ether oxygens (including phenoxy) is 2. The molecular weight excluding hydrogens is 553 g/mol. The molecule has 41 heavy (non-hydrogen) atoms. The number of aromatic nitrogens is 5. The maximum absolute atomic E-state index is 14.4. The molecule has 4 rings (SSSR count). The van der Waals surface area contributed by atoms with E-state index in [1.807, 2.05) is 6.07 Å². The van der Waals surface area contributed by atoms with Crippen LogP contribution in [0.4, 0.5) is 4.39 Å². The summed E-state index contributed by atoms with van der Waals surface area (Å²) >= 11 is 1.13. The highest BCUT2D eigenvalue weighted by Crippen LogP contribution is 2.34. The highest BCUT2D eigenvalue weighted by Gasteiger charge is 2.29. The van der Waals surface area contributed by atoms with Crippen molar-refractivity contribution in [1.29, 1.82) is 5.26 Å². The van der Waals surface area contributed by atoms with Gasteiger partial charge in [-0.1, -0.05) is 11.3 Å². The summed E-state index contributed by atoms with van der Waals surface area (Å²) in [6, 6.07) is 4.57. The lowest BCUT2D eigenvalue weighted by atomic mass is 10.1. The molecule has 0 saturated heterocycles. The monoisotopic (exact) mass is 583 g/mol. The zero-order valence-corrected chi connectivity index (χ0v) is 24.1. The van der Waals surface area contributed by atoms with Crippen molar-refractivity contribution in [3.05, 3.63) is 68.4 Å². The summed E-state index contributed by atoms with van der Waals surface area (Å²) in [5.74, 6) is -0.727. The van der Waals surface area contributed by atoms with Crippen LogP contribution in [0, 0.1) is 24.1 Å². The van der Waals surface area contributed by atoms with Crippen LogP contribution >= 0.6 is 11.3 Å². The van der Waals surface area contributed by atoms with Gasteiger partial charge < -0.3 is 14.8 Å². The van der Waals surface area contributed by atoms with E-state index in [-0.39, 0.29) is 31.0 Å². The van der Waals surface area contributed by atoms with E-state index in [0.717, 1.165) is 15.9 Å². The number of nitriles is 1. The number of aryl methyl sites for hydroxylation is 1. The third-order valence-corrected chi connectivity index (χ3v) is 7.72. The predicted molar refractivity (Wildman–Crippen MR) is 150 cm³/mol. The zero-order chi connectivity index (χ0) is 29.8.